The lowest BCUT2D eigenvalue weighted by Crippen LogP contribution is -2.29. The molecule has 0 aliphatic carbocycles. The lowest BCUT2D eigenvalue weighted by Gasteiger charge is -2.19. The van der Waals surface area contributed by atoms with E-state index in [1.807, 2.05) is 0 Å². The van der Waals surface area contributed by atoms with Crippen molar-refractivity contribution in [3.8, 4) is 0 Å². The zero-order chi connectivity index (χ0) is 47.4. The van der Waals surface area contributed by atoms with Crippen LogP contribution in [0.25, 0.3) is 0 Å². The molecular formula is C55H108NO8P. The molecule has 0 heterocycles. The summed E-state index contributed by atoms with van der Waals surface area (Å²) in [5, 5.41) is 0. The fraction of sp³-hybridized carbons (Fsp3) is 0.927. The van der Waals surface area contributed by atoms with Gasteiger partial charge in [0, 0.05) is 19.4 Å². The molecular weight excluding hydrogens is 834 g/mol. The van der Waals surface area contributed by atoms with Gasteiger partial charge in [0.1, 0.15) is 6.61 Å². The molecule has 0 aromatic heterocycles. The molecule has 9 nitrogen and oxygen atoms in total. The number of carbonyl (C=O) groups excluding carboxylic acids is 2. The fourth-order valence-corrected chi connectivity index (χ4v) is 9.22. The molecule has 0 amide bonds. The summed E-state index contributed by atoms with van der Waals surface area (Å²) in [5.74, 6) is -0.820. The number of rotatable bonds is 54. The van der Waals surface area contributed by atoms with Crippen LogP contribution in [0.15, 0.2) is 12.2 Å². The second-order valence-electron chi connectivity index (χ2n) is 19.2. The van der Waals surface area contributed by atoms with Crippen molar-refractivity contribution in [3.63, 3.8) is 0 Å². The van der Waals surface area contributed by atoms with Crippen LogP contribution in [0.3, 0.4) is 0 Å². The Bertz CT molecular complexity index is 1070. The minimum atomic E-state index is -4.38. The normalized spacial score (nSPS) is 13.1. The van der Waals surface area contributed by atoms with Crippen LogP contribution in [0.4, 0.5) is 0 Å². The lowest BCUT2D eigenvalue weighted by atomic mass is 10.0. The zero-order valence-corrected chi connectivity index (χ0v) is 43.9. The Balaban J connectivity index is 3.88. The minimum Gasteiger partial charge on any atom is -0.462 e. The van der Waals surface area contributed by atoms with Crippen LogP contribution in [0.5, 0.6) is 0 Å². The predicted molar refractivity (Wildman–Crippen MR) is 275 cm³/mol. The van der Waals surface area contributed by atoms with Crippen molar-refractivity contribution in [1.29, 1.82) is 0 Å². The second-order valence-corrected chi connectivity index (χ2v) is 20.6. The van der Waals surface area contributed by atoms with Crippen molar-refractivity contribution in [2.45, 2.75) is 302 Å². The summed E-state index contributed by atoms with van der Waals surface area (Å²) in [6.45, 7) is 3.78. The van der Waals surface area contributed by atoms with Crippen LogP contribution < -0.4 is 5.73 Å². The van der Waals surface area contributed by atoms with Crippen LogP contribution in [0, 0.1) is 0 Å². The Morgan fingerprint density at radius 2 is 0.754 bits per heavy atom. The van der Waals surface area contributed by atoms with Crippen LogP contribution in [0.1, 0.15) is 296 Å². The number of unbranched alkanes of at least 4 members (excludes halogenated alkanes) is 39. The first-order valence-corrected chi connectivity index (χ1v) is 29.7. The van der Waals surface area contributed by atoms with E-state index in [1.54, 1.807) is 0 Å². The van der Waals surface area contributed by atoms with E-state index in [-0.39, 0.29) is 38.6 Å². The maximum atomic E-state index is 12.6. The number of phosphoric ester groups is 1. The van der Waals surface area contributed by atoms with E-state index < -0.39 is 26.5 Å². The number of hydrogen-bond acceptors (Lipinski definition) is 8. The van der Waals surface area contributed by atoms with Gasteiger partial charge in [0.05, 0.1) is 13.2 Å². The number of allylic oxidation sites excluding steroid dienone is 2. The van der Waals surface area contributed by atoms with Crippen LogP contribution in [-0.2, 0) is 32.7 Å². The molecule has 0 saturated heterocycles. The molecule has 0 aromatic rings. The molecule has 2 atom stereocenters. The number of esters is 2. The molecule has 0 aliphatic heterocycles. The number of ether oxygens (including phenoxy) is 2. The Kier molecular flexibility index (Phi) is 51.1. The third-order valence-corrected chi connectivity index (χ3v) is 13.6. The highest BCUT2D eigenvalue weighted by Crippen LogP contribution is 2.43. The van der Waals surface area contributed by atoms with E-state index in [2.05, 4.69) is 26.0 Å². The smallest absolute Gasteiger partial charge is 0.462 e. The molecule has 0 aromatic carbocycles. The van der Waals surface area contributed by atoms with Gasteiger partial charge >= 0.3 is 19.8 Å². The van der Waals surface area contributed by atoms with Crippen LogP contribution in [-0.4, -0.2) is 49.3 Å². The Hall–Kier alpha value is -1.25. The third kappa shape index (κ3) is 52.0. The maximum absolute atomic E-state index is 12.6. The van der Waals surface area contributed by atoms with Gasteiger partial charge in [0.25, 0.3) is 0 Å². The zero-order valence-electron chi connectivity index (χ0n) is 43.0. The van der Waals surface area contributed by atoms with Crippen molar-refractivity contribution in [2.75, 3.05) is 26.4 Å². The van der Waals surface area contributed by atoms with E-state index in [0.29, 0.717) is 6.42 Å². The highest BCUT2D eigenvalue weighted by Gasteiger charge is 2.26. The number of phosphoric acid groups is 1. The van der Waals surface area contributed by atoms with E-state index in [1.165, 1.54) is 212 Å². The Labute approximate surface area is 402 Å². The number of hydrogen-bond donors (Lipinski definition) is 2. The summed E-state index contributed by atoms with van der Waals surface area (Å²) < 4.78 is 33.0. The molecule has 0 aliphatic rings. The molecule has 65 heavy (non-hydrogen) atoms. The van der Waals surface area contributed by atoms with Gasteiger partial charge in [-0.05, 0) is 38.5 Å². The monoisotopic (exact) mass is 942 g/mol. The summed E-state index contributed by atoms with van der Waals surface area (Å²) in [6, 6.07) is 0. The lowest BCUT2D eigenvalue weighted by molar-refractivity contribution is -0.161. The molecule has 2 unspecified atom stereocenters. The first-order valence-electron chi connectivity index (χ1n) is 28.2. The fourth-order valence-electron chi connectivity index (χ4n) is 8.46. The van der Waals surface area contributed by atoms with Gasteiger partial charge in [0.2, 0.25) is 0 Å². The first-order chi connectivity index (χ1) is 31.8. The van der Waals surface area contributed by atoms with Gasteiger partial charge < -0.3 is 20.1 Å². The van der Waals surface area contributed by atoms with E-state index in [9.17, 15) is 19.0 Å². The van der Waals surface area contributed by atoms with E-state index in [4.69, 9.17) is 24.3 Å². The molecule has 0 radical (unpaired) electrons. The van der Waals surface area contributed by atoms with Gasteiger partial charge in [0.15, 0.2) is 6.10 Å². The summed E-state index contributed by atoms with van der Waals surface area (Å²) in [6.07, 6.45) is 58.5. The van der Waals surface area contributed by atoms with Gasteiger partial charge in [-0.25, -0.2) is 4.57 Å². The summed E-state index contributed by atoms with van der Waals surface area (Å²) in [4.78, 5) is 35.1. The topological polar surface area (TPSA) is 134 Å². The minimum absolute atomic E-state index is 0.0552. The van der Waals surface area contributed by atoms with E-state index >= 15 is 0 Å². The standard InChI is InChI=1S/C55H108NO8P/c1-3-5-7-9-11-13-15-17-19-21-22-23-24-25-26-27-28-29-30-31-32-34-35-37-39-41-43-45-47-54(57)61-51-53(52-63-65(59,60)62-50-49-56)64-55(58)48-46-44-42-40-38-36-33-20-18-16-14-12-10-8-6-4-2/h20,33,53H,3-19,21-32,34-52,56H2,1-2H3,(H,59,60)/b33-20-. The molecule has 0 rings (SSSR count). The predicted octanol–water partition coefficient (Wildman–Crippen LogP) is 17.3. The number of carbonyl (C=O) groups is 2. The molecule has 0 spiro atoms. The van der Waals surface area contributed by atoms with Crippen molar-refractivity contribution in [3.05, 3.63) is 12.2 Å². The van der Waals surface area contributed by atoms with Gasteiger partial charge in [-0.15, -0.1) is 0 Å². The third-order valence-electron chi connectivity index (χ3n) is 12.7. The Morgan fingerprint density at radius 3 is 1.09 bits per heavy atom. The molecule has 0 saturated carbocycles. The van der Waals surface area contributed by atoms with Gasteiger partial charge in [-0.1, -0.05) is 257 Å². The van der Waals surface area contributed by atoms with Crippen LogP contribution in [0.2, 0.25) is 0 Å². The molecule has 0 bridgehead atoms. The highest BCUT2D eigenvalue weighted by atomic mass is 31.2. The van der Waals surface area contributed by atoms with Crippen LogP contribution >= 0.6 is 7.82 Å². The van der Waals surface area contributed by atoms with Gasteiger partial charge in [-0.2, -0.15) is 0 Å². The molecule has 3 N–H and O–H groups in total. The van der Waals surface area contributed by atoms with Crippen molar-refractivity contribution < 1.29 is 37.6 Å². The average Bonchev–Trinajstić information content (AvgIpc) is 3.30. The molecule has 0 fully saturated rings. The quantitative estimate of drug-likeness (QED) is 0.0264. The maximum Gasteiger partial charge on any atom is 0.472 e. The largest absolute Gasteiger partial charge is 0.472 e. The molecule has 386 valence electrons. The first kappa shape index (κ1) is 63.8. The van der Waals surface area contributed by atoms with Crippen molar-refractivity contribution in [1.82, 2.24) is 0 Å². The van der Waals surface area contributed by atoms with Crippen molar-refractivity contribution in [2.24, 2.45) is 5.73 Å². The highest BCUT2D eigenvalue weighted by molar-refractivity contribution is 7.47. The second kappa shape index (κ2) is 52.1. The van der Waals surface area contributed by atoms with Crippen molar-refractivity contribution >= 4 is 19.8 Å². The summed E-state index contributed by atoms with van der Waals surface area (Å²) in [5.41, 5.74) is 5.37. The van der Waals surface area contributed by atoms with Gasteiger partial charge in [-0.3, -0.25) is 18.6 Å². The summed E-state index contributed by atoms with van der Waals surface area (Å²) in [7, 11) is -4.38. The average molecular weight is 942 g/mol. The molecule has 10 heteroatoms. The Morgan fingerprint density at radius 1 is 0.446 bits per heavy atom. The summed E-state index contributed by atoms with van der Waals surface area (Å²) >= 11 is 0. The SMILES string of the molecule is CCCCCCCCC/C=C\CCCCCCCC(=O)OC(COC(=O)CCCCCCCCCCCCCCCCCCCCCCCCCCCCCC)COP(=O)(O)OCCN. The number of nitrogens with two attached hydrogens (primary N) is 1. The van der Waals surface area contributed by atoms with E-state index in [0.717, 1.165) is 51.4 Å².